The minimum Gasteiger partial charge on any atom is -0.393 e. The van der Waals surface area contributed by atoms with Crippen molar-refractivity contribution in [3.05, 3.63) is 0 Å². The summed E-state index contributed by atoms with van der Waals surface area (Å²) in [7, 11) is 0. The molecule has 5 heteroatoms. The van der Waals surface area contributed by atoms with Crippen LogP contribution in [-0.2, 0) is 9.53 Å². The third-order valence-electron chi connectivity index (χ3n) is 14.4. The Morgan fingerprint density at radius 3 is 2.44 bits per heavy atom. The van der Waals surface area contributed by atoms with Gasteiger partial charge in [-0.05, 0) is 103 Å². The zero-order valence-electron chi connectivity index (χ0n) is 23.3. The van der Waals surface area contributed by atoms with Gasteiger partial charge in [0.05, 0.1) is 24.4 Å². The predicted octanol–water partition coefficient (Wildman–Crippen LogP) is 4.78. The van der Waals surface area contributed by atoms with E-state index in [1.807, 2.05) is 4.90 Å². The summed E-state index contributed by atoms with van der Waals surface area (Å²) < 4.78 is 6.83. The van der Waals surface area contributed by atoms with Crippen LogP contribution in [0.25, 0.3) is 0 Å². The number of hydrogen-bond acceptors (Lipinski definition) is 4. The Balaban J connectivity index is 1.20. The summed E-state index contributed by atoms with van der Waals surface area (Å²) in [6, 6.07) is 0. The molecule has 4 unspecified atom stereocenters. The van der Waals surface area contributed by atoms with Gasteiger partial charge in [0.25, 0.3) is 0 Å². The highest BCUT2D eigenvalue weighted by Gasteiger charge is 2.84. The van der Waals surface area contributed by atoms with Crippen LogP contribution in [0.1, 0.15) is 98.8 Å². The first kappa shape index (κ1) is 24.4. The van der Waals surface area contributed by atoms with Gasteiger partial charge in [-0.1, -0.05) is 34.6 Å². The number of aliphatic hydroxyl groups excluding tert-OH is 2. The Morgan fingerprint density at radius 2 is 1.72 bits per heavy atom. The molecule has 1 amide bonds. The number of hydrogen-bond donors (Lipinski definition) is 2. The summed E-state index contributed by atoms with van der Waals surface area (Å²) in [4.78, 5) is 14.3. The van der Waals surface area contributed by atoms with Gasteiger partial charge in [-0.3, -0.25) is 4.79 Å². The van der Waals surface area contributed by atoms with Crippen LogP contribution >= 0.6 is 0 Å². The van der Waals surface area contributed by atoms with E-state index in [0.29, 0.717) is 47.5 Å². The average molecular weight is 500 g/mol. The topological polar surface area (TPSA) is 70.0 Å². The zero-order chi connectivity index (χ0) is 25.5. The molecule has 2 aliphatic heterocycles. The van der Waals surface area contributed by atoms with Crippen molar-refractivity contribution >= 4 is 5.91 Å². The van der Waals surface area contributed by atoms with Crippen molar-refractivity contribution in [2.75, 3.05) is 13.1 Å². The van der Waals surface area contributed by atoms with Crippen molar-refractivity contribution in [2.45, 2.75) is 123 Å². The lowest BCUT2D eigenvalue weighted by Gasteiger charge is -2.63. The van der Waals surface area contributed by atoms with Crippen LogP contribution < -0.4 is 0 Å². The van der Waals surface area contributed by atoms with Crippen molar-refractivity contribution in [3.8, 4) is 0 Å². The summed E-state index contributed by atoms with van der Waals surface area (Å²) in [6.07, 6.45) is 10.2. The van der Waals surface area contributed by atoms with E-state index in [2.05, 4.69) is 34.6 Å². The number of rotatable bonds is 2. The molecule has 0 aromatic heterocycles. The van der Waals surface area contributed by atoms with Crippen LogP contribution in [0.4, 0.5) is 0 Å². The van der Waals surface area contributed by atoms with Gasteiger partial charge >= 0.3 is 0 Å². The van der Waals surface area contributed by atoms with E-state index in [-0.39, 0.29) is 40.5 Å². The minimum atomic E-state index is -0.439. The van der Waals surface area contributed by atoms with Crippen LogP contribution in [0.2, 0.25) is 0 Å². The number of amides is 1. The zero-order valence-corrected chi connectivity index (χ0v) is 23.3. The fourth-order valence-electron chi connectivity index (χ4n) is 12.7. The predicted molar refractivity (Wildman–Crippen MR) is 138 cm³/mol. The molecule has 0 radical (unpaired) electrons. The van der Waals surface area contributed by atoms with E-state index in [1.165, 1.54) is 38.5 Å². The number of nitrogens with zero attached hydrogens (tertiary/aromatic N) is 1. The lowest BCUT2D eigenvalue weighted by Crippen LogP contribution is -2.59. The maximum absolute atomic E-state index is 12.3. The second-order valence-electron chi connectivity index (χ2n) is 15.6. The average Bonchev–Trinajstić information content (AvgIpc) is 3.27. The summed E-state index contributed by atoms with van der Waals surface area (Å²) in [5.41, 5.74) is 0.666. The first-order chi connectivity index (χ1) is 16.9. The standard InChI is InChI=1S/C31H49NO4/c1-18-15-19(16-32-14-6-7-23(32)34)36-25-24(18)28(4)12-13-31-17-30(31)11-10-22(33)27(2,3)20(30)8-9-21(31)29(28,5)26(25)35/h18-22,24-26,33,35H,6-17H2,1-5H3/t18-,19?,20+,21?,22?,24+,25?,26+,28-,29-,30-,31+/m1/s1. The SMILES string of the molecule is C[C@@H]1CC(CN2CCCC2=O)OC2[C@H]1[C@@]1(C)CC[C@@]34C[C@@]35CCC(O)C(C)(C)[C@@H]5CCC4[C@]1(C)[C@H]2O. The van der Waals surface area contributed by atoms with Crippen LogP contribution in [0.5, 0.6) is 0 Å². The highest BCUT2D eigenvalue weighted by atomic mass is 16.5. The lowest BCUT2D eigenvalue weighted by atomic mass is 9.41. The molecule has 36 heavy (non-hydrogen) atoms. The molecule has 12 atom stereocenters. The molecular formula is C31H49NO4. The highest BCUT2D eigenvalue weighted by molar-refractivity contribution is 5.78. The molecule has 7 rings (SSSR count). The smallest absolute Gasteiger partial charge is 0.222 e. The molecule has 2 heterocycles. The van der Waals surface area contributed by atoms with E-state index in [4.69, 9.17) is 4.74 Å². The third-order valence-corrected chi connectivity index (χ3v) is 14.4. The summed E-state index contributed by atoms with van der Waals surface area (Å²) in [5.74, 6) is 2.30. The van der Waals surface area contributed by atoms with E-state index < -0.39 is 6.10 Å². The van der Waals surface area contributed by atoms with Gasteiger partial charge in [0.2, 0.25) is 5.91 Å². The second kappa shape index (κ2) is 7.30. The Bertz CT molecular complexity index is 966. The second-order valence-corrected chi connectivity index (χ2v) is 15.6. The molecule has 5 saturated carbocycles. The lowest BCUT2D eigenvalue weighted by molar-refractivity contribution is -0.182. The van der Waals surface area contributed by atoms with Crippen LogP contribution in [0.15, 0.2) is 0 Å². The normalized spacial score (nSPS) is 59.0. The molecule has 0 aromatic rings. The maximum Gasteiger partial charge on any atom is 0.222 e. The Morgan fingerprint density at radius 1 is 1.00 bits per heavy atom. The number of fused-ring (bicyclic) bond motifs is 4. The number of aliphatic hydroxyl groups is 2. The molecule has 7 aliphatic rings. The largest absolute Gasteiger partial charge is 0.393 e. The van der Waals surface area contributed by atoms with Crippen molar-refractivity contribution < 1.29 is 19.7 Å². The minimum absolute atomic E-state index is 0.00545. The van der Waals surface area contributed by atoms with Gasteiger partial charge in [-0.15, -0.1) is 0 Å². The molecule has 202 valence electrons. The number of carbonyl (C=O) groups is 1. The number of carbonyl (C=O) groups excluding carboxylic acids is 1. The van der Waals surface area contributed by atoms with Crippen molar-refractivity contribution in [2.24, 2.45) is 50.7 Å². The van der Waals surface area contributed by atoms with Crippen LogP contribution in [0, 0.1) is 50.7 Å². The van der Waals surface area contributed by atoms with Crippen LogP contribution in [0.3, 0.4) is 0 Å². The summed E-state index contributed by atoms with van der Waals surface area (Å²) in [5, 5.41) is 23.2. The molecule has 5 nitrogen and oxygen atoms in total. The Labute approximate surface area is 217 Å². The summed E-state index contributed by atoms with van der Waals surface area (Å²) in [6.45, 7) is 13.6. The Hall–Kier alpha value is -0.650. The van der Waals surface area contributed by atoms with Gasteiger partial charge in [-0.2, -0.15) is 0 Å². The highest BCUT2D eigenvalue weighted by Crippen LogP contribution is 2.89. The molecular weight excluding hydrogens is 450 g/mol. The summed E-state index contributed by atoms with van der Waals surface area (Å²) >= 11 is 0. The fraction of sp³-hybridized carbons (Fsp3) is 0.968. The van der Waals surface area contributed by atoms with E-state index in [9.17, 15) is 15.0 Å². The third kappa shape index (κ3) is 2.62. The number of ether oxygens (including phenoxy) is 1. The monoisotopic (exact) mass is 499 g/mol. The van der Waals surface area contributed by atoms with Gasteiger partial charge < -0.3 is 19.8 Å². The van der Waals surface area contributed by atoms with Crippen molar-refractivity contribution in [1.29, 1.82) is 0 Å². The van der Waals surface area contributed by atoms with Crippen LogP contribution in [-0.4, -0.2) is 58.5 Å². The van der Waals surface area contributed by atoms with E-state index >= 15 is 0 Å². The molecule has 0 bridgehead atoms. The molecule has 2 spiro atoms. The number of likely N-dealkylation sites (tertiary alicyclic amines) is 1. The molecule has 7 fully saturated rings. The maximum atomic E-state index is 12.3. The van der Waals surface area contributed by atoms with Crippen molar-refractivity contribution in [1.82, 2.24) is 4.90 Å². The van der Waals surface area contributed by atoms with E-state index in [0.717, 1.165) is 25.8 Å². The molecule has 0 aromatic carbocycles. The molecule has 5 aliphatic carbocycles. The van der Waals surface area contributed by atoms with Gasteiger partial charge in [0.15, 0.2) is 0 Å². The first-order valence-electron chi connectivity index (χ1n) is 15.2. The van der Waals surface area contributed by atoms with Gasteiger partial charge in [-0.25, -0.2) is 0 Å². The van der Waals surface area contributed by atoms with E-state index in [1.54, 1.807) is 0 Å². The quantitative estimate of drug-likeness (QED) is 0.574. The van der Waals surface area contributed by atoms with Crippen molar-refractivity contribution in [3.63, 3.8) is 0 Å². The molecule has 2 saturated heterocycles. The van der Waals surface area contributed by atoms with Gasteiger partial charge in [0.1, 0.15) is 0 Å². The molecule has 2 N–H and O–H groups in total. The fourth-order valence-corrected chi connectivity index (χ4v) is 12.7. The van der Waals surface area contributed by atoms with Gasteiger partial charge in [0, 0.05) is 24.9 Å². The Kier molecular flexibility index (Phi) is 4.95. The first-order valence-corrected chi connectivity index (χ1v) is 15.2.